The molecule has 29 heavy (non-hydrogen) atoms. The Morgan fingerprint density at radius 3 is 2.52 bits per heavy atom. The molecule has 0 fully saturated rings. The summed E-state index contributed by atoms with van der Waals surface area (Å²) in [4.78, 5) is 13.4. The van der Waals surface area contributed by atoms with Gasteiger partial charge in [0.15, 0.2) is 0 Å². The van der Waals surface area contributed by atoms with E-state index in [0.29, 0.717) is 12.1 Å². The van der Waals surface area contributed by atoms with E-state index < -0.39 is 5.91 Å². The van der Waals surface area contributed by atoms with Gasteiger partial charge in [-0.25, -0.2) is 0 Å². The Balaban J connectivity index is 1.81. The number of nitrogens with zero attached hydrogens (tertiary/aromatic N) is 1. The maximum Gasteiger partial charge on any atom is 0.249 e. The zero-order valence-electron chi connectivity index (χ0n) is 15.4. The van der Waals surface area contributed by atoms with Gasteiger partial charge >= 0.3 is 0 Å². The number of halogens is 1. The number of carbonyl (C=O) groups excluding carboxylic acids is 1. The molecule has 0 atom stereocenters. The number of nitrogens with two attached hydrogens (primary N) is 1. The molecule has 2 heterocycles. The van der Waals surface area contributed by atoms with Gasteiger partial charge in [0.1, 0.15) is 0 Å². The zero-order chi connectivity index (χ0) is 20.0. The Morgan fingerprint density at radius 2 is 1.79 bits per heavy atom. The number of fused-ring (bicyclic) bond motifs is 3. The SMILES string of the molecule is NC(=O)c1cccc2c1c1ccc(-c3cccs3)cc1n2Cc1ccc(Br)cc1. The summed E-state index contributed by atoms with van der Waals surface area (Å²) in [5, 5.41) is 4.05. The molecule has 0 saturated carbocycles. The van der Waals surface area contributed by atoms with E-state index in [2.05, 4.69) is 86.5 Å². The predicted octanol–water partition coefficient (Wildman–Crippen LogP) is 6.43. The molecule has 0 saturated heterocycles. The van der Waals surface area contributed by atoms with E-state index in [1.165, 1.54) is 16.0 Å². The third kappa shape index (κ3) is 3.16. The second-order valence-corrected chi connectivity index (χ2v) is 8.85. The lowest BCUT2D eigenvalue weighted by Gasteiger charge is -2.09. The fourth-order valence-electron chi connectivity index (χ4n) is 3.89. The number of carbonyl (C=O) groups is 1. The van der Waals surface area contributed by atoms with E-state index in [-0.39, 0.29) is 0 Å². The van der Waals surface area contributed by atoms with Gasteiger partial charge in [-0.2, -0.15) is 0 Å². The van der Waals surface area contributed by atoms with Crippen LogP contribution in [0.25, 0.3) is 32.2 Å². The van der Waals surface area contributed by atoms with E-state index in [1.807, 2.05) is 6.07 Å². The summed E-state index contributed by atoms with van der Waals surface area (Å²) in [5.41, 5.74) is 10.7. The lowest BCUT2D eigenvalue weighted by molar-refractivity contribution is 0.100. The maximum absolute atomic E-state index is 12.1. The Morgan fingerprint density at radius 1 is 0.966 bits per heavy atom. The van der Waals surface area contributed by atoms with Gasteiger partial charge in [-0.3, -0.25) is 4.79 Å². The van der Waals surface area contributed by atoms with E-state index in [4.69, 9.17) is 5.73 Å². The maximum atomic E-state index is 12.1. The van der Waals surface area contributed by atoms with Crippen LogP contribution in [0.5, 0.6) is 0 Å². The fraction of sp³-hybridized carbons (Fsp3) is 0.0417. The number of primary amides is 1. The molecule has 0 radical (unpaired) electrons. The summed E-state index contributed by atoms with van der Waals surface area (Å²) < 4.78 is 3.33. The number of amides is 1. The Bertz CT molecular complexity index is 1350. The van der Waals surface area contributed by atoms with Gasteiger partial charge in [0, 0.05) is 32.2 Å². The molecule has 0 aliphatic carbocycles. The van der Waals surface area contributed by atoms with Crippen molar-refractivity contribution in [3.63, 3.8) is 0 Å². The van der Waals surface area contributed by atoms with Crippen LogP contribution in [-0.2, 0) is 6.54 Å². The van der Waals surface area contributed by atoms with Crippen LogP contribution >= 0.6 is 27.3 Å². The number of rotatable bonds is 4. The first-order valence-corrected chi connectivity index (χ1v) is 10.9. The van der Waals surface area contributed by atoms with Gasteiger partial charge in [0.25, 0.3) is 0 Å². The summed E-state index contributed by atoms with van der Waals surface area (Å²) in [6.07, 6.45) is 0. The lowest BCUT2D eigenvalue weighted by Crippen LogP contribution is -2.11. The van der Waals surface area contributed by atoms with Crippen molar-refractivity contribution >= 4 is 55.0 Å². The molecular formula is C24H17BrN2OS. The van der Waals surface area contributed by atoms with Crippen molar-refractivity contribution in [2.75, 3.05) is 0 Å². The molecule has 0 aliphatic heterocycles. The predicted molar refractivity (Wildman–Crippen MR) is 125 cm³/mol. The third-order valence-electron chi connectivity index (χ3n) is 5.22. The summed E-state index contributed by atoms with van der Waals surface area (Å²) in [6, 6.07) is 24.7. The minimum absolute atomic E-state index is 0.402. The Kier molecular flexibility index (Phi) is 4.49. The normalized spacial score (nSPS) is 11.3. The van der Waals surface area contributed by atoms with Crippen molar-refractivity contribution in [2.45, 2.75) is 6.54 Å². The van der Waals surface area contributed by atoms with E-state index >= 15 is 0 Å². The van der Waals surface area contributed by atoms with Gasteiger partial charge < -0.3 is 10.3 Å². The zero-order valence-corrected chi connectivity index (χ0v) is 17.8. The molecule has 1 amide bonds. The minimum atomic E-state index is -0.402. The summed E-state index contributed by atoms with van der Waals surface area (Å²) >= 11 is 5.23. The molecule has 0 bridgehead atoms. The summed E-state index contributed by atoms with van der Waals surface area (Å²) in [6.45, 7) is 0.712. The van der Waals surface area contributed by atoms with Crippen molar-refractivity contribution in [3.05, 3.63) is 93.8 Å². The highest BCUT2D eigenvalue weighted by molar-refractivity contribution is 9.10. The highest BCUT2D eigenvalue weighted by atomic mass is 79.9. The molecule has 0 aliphatic rings. The van der Waals surface area contributed by atoms with Crippen LogP contribution in [0, 0.1) is 0 Å². The topological polar surface area (TPSA) is 48.0 Å². The highest BCUT2D eigenvalue weighted by Crippen LogP contribution is 2.36. The van der Waals surface area contributed by atoms with Gasteiger partial charge in [0.2, 0.25) is 5.91 Å². The van der Waals surface area contributed by atoms with Crippen LogP contribution in [-0.4, -0.2) is 10.5 Å². The van der Waals surface area contributed by atoms with Crippen LogP contribution in [0.4, 0.5) is 0 Å². The molecule has 3 nitrogen and oxygen atoms in total. The molecule has 0 unspecified atom stereocenters. The van der Waals surface area contributed by atoms with Gasteiger partial charge in [-0.1, -0.05) is 52.3 Å². The van der Waals surface area contributed by atoms with Crippen molar-refractivity contribution in [1.29, 1.82) is 0 Å². The molecule has 5 aromatic rings. The Labute approximate surface area is 180 Å². The first-order valence-electron chi connectivity index (χ1n) is 9.25. The average molecular weight is 461 g/mol. The van der Waals surface area contributed by atoms with Gasteiger partial charge in [0.05, 0.1) is 11.0 Å². The number of hydrogen-bond donors (Lipinski definition) is 1. The first kappa shape index (κ1) is 18.2. The molecule has 2 aromatic heterocycles. The fourth-order valence-corrected chi connectivity index (χ4v) is 4.88. The molecule has 0 spiro atoms. The lowest BCUT2D eigenvalue weighted by atomic mass is 10.0. The van der Waals surface area contributed by atoms with E-state index in [0.717, 1.165) is 26.3 Å². The largest absolute Gasteiger partial charge is 0.366 e. The minimum Gasteiger partial charge on any atom is -0.366 e. The van der Waals surface area contributed by atoms with Gasteiger partial charge in [-0.05, 0) is 52.9 Å². The van der Waals surface area contributed by atoms with Crippen molar-refractivity contribution in [3.8, 4) is 10.4 Å². The smallest absolute Gasteiger partial charge is 0.249 e. The first-order chi connectivity index (χ1) is 14.1. The third-order valence-corrected chi connectivity index (χ3v) is 6.66. The molecule has 2 N–H and O–H groups in total. The van der Waals surface area contributed by atoms with Crippen molar-refractivity contribution in [2.24, 2.45) is 5.73 Å². The quantitative estimate of drug-likeness (QED) is 0.329. The second kappa shape index (κ2) is 7.17. The van der Waals surface area contributed by atoms with Crippen LogP contribution in [0.15, 0.2) is 82.6 Å². The molecule has 3 aromatic carbocycles. The number of benzene rings is 3. The van der Waals surface area contributed by atoms with Crippen molar-refractivity contribution < 1.29 is 4.79 Å². The van der Waals surface area contributed by atoms with Crippen LogP contribution in [0.3, 0.4) is 0 Å². The van der Waals surface area contributed by atoms with Crippen LogP contribution in [0.2, 0.25) is 0 Å². The molecule has 5 heteroatoms. The van der Waals surface area contributed by atoms with Crippen LogP contribution < -0.4 is 5.73 Å². The van der Waals surface area contributed by atoms with E-state index in [9.17, 15) is 4.79 Å². The average Bonchev–Trinajstić information content (AvgIpc) is 3.36. The van der Waals surface area contributed by atoms with Crippen LogP contribution in [0.1, 0.15) is 15.9 Å². The summed E-state index contributed by atoms with van der Waals surface area (Å²) in [5.74, 6) is -0.402. The Hall–Kier alpha value is -2.89. The van der Waals surface area contributed by atoms with Crippen molar-refractivity contribution in [1.82, 2.24) is 4.57 Å². The second-order valence-electron chi connectivity index (χ2n) is 6.99. The monoisotopic (exact) mass is 460 g/mol. The molecule has 5 rings (SSSR count). The standard InChI is InChI=1S/C24H17BrN2OS/c25-17-9-6-15(7-10-17)14-27-20-4-1-3-19(24(26)28)23(20)18-11-8-16(13-21(18)27)22-5-2-12-29-22/h1-13H,14H2,(H2,26,28). The molecular weight excluding hydrogens is 444 g/mol. The number of thiophene rings is 1. The molecule has 142 valence electrons. The number of aromatic nitrogens is 1. The highest BCUT2D eigenvalue weighted by Gasteiger charge is 2.17. The number of hydrogen-bond acceptors (Lipinski definition) is 2. The van der Waals surface area contributed by atoms with Gasteiger partial charge in [-0.15, -0.1) is 11.3 Å². The summed E-state index contributed by atoms with van der Waals surface area (Å²) in [7, 11) is 0. The van der Waals surface area contributed by atoms with E-state index in [1.54, 1.807) is 17.4 Å².